The summed E-state index contributed by atoms with van der Waals surface area (Å²) in [5, 5.41) is 0.586. The van der Waals surface area contributed by atoms with Crippen molar-refractivity contribution in [1.82, 2.24) is 4.90 Å². The van der Waals surface area contributed by atoms with Crippen molar-refractivity contribution in [1.29, 1.82) is 0 Å². The lowest BCUT2D eigenvalue weighted by atomic mass is 9.80. The molecule has 0 aromatic rings. The molecule has 1 heterocycles. The number of allylic oxidation sites excluding steroid dienone is 2. The van der Waals surface area contributed by atoms with Crippen LogP contribution in [0.4, 0.5) is 0 Å². The Morgan fingerprint density at radius 3 is 2.54 bits per heavy atom. The third-order valence-corrected chi connectivity index (χ3v) is 6.23. The van der Waals surface area contributed by atoms with Crippen LogP contribution in [0.2, 0.25) is 0 Å². The number of thioether (sulfide) groups is 1. The Labute approximate surface area is 151 Å². The molecule has 136 valence electrons. The second-order valence-corrected chi connectivity index (χ2v) is 8.96. The molecule has 24 heavy (non-hydrogen) atoms. The largest absolute Gasteiger partial charge is 0.374 e. The second kappa shape index (κ2) is 9.65. The Morgan fingerprint density at radius 1 is 1.21 bits per heavy atom. The summed E-state index contributed by atoms with van der Waals surface area (Å²) in [6.07, 6.45) is 7.52. The highest BCUT2D eigenvalue weighted by molar-refractivity contribution is 7.99. The molecule has 4 heteroatoms. The minimum Gasteiger partial charge on any atom is -0.374 e. The van der Waals surface area contributed by atoms with E-state index in [4.69, 9.17) is 0 Å². The van der Waals surface area contributed by atoms with E-state index in [1.54, 1.807) is 0 Å². The number of nitrogens with zero attached hydrogens (tertiary/aromatic N) is 1. The van der Waals surface area contributed by atoms with Gasteiger partial charge in [-0.1, -0.05) is 20.8 Å². The molecule has 0 amide bonds. The van der Waals surface area contributed by atoms with Crippen molar-refractivity contribution in [3.63, 3.8) is 0 Å². The summed E-state index contributed by atoms with van der Waals surface area (Å²) in [6.45, 7) is 8.49. The van der Waals surface area contributed by atoms with Gasteiger partial charge in [0, 0.05) is 36.9 Å². The smallest absolute Gasteiger partial charge is 0.168 e. The van der Waals surface area contributed by atoms with Crippen LogP contribution in [0.25, 0.3) is 0 Å². The van der Waals surface area contributed by atoms with Gasteiger partial charge >= 0.3 is 0 Å². The van der Waals surface area contributed by atoms with Gasteiger partial charge in [-0.3, -0.25) is 9.59 Å². The van der Waals surface area contributed by atoms with Gasteiger partial charge in [-0.05, 0) is 50.2 Å². The van der Waals surface area contributed by atoms with E-state index in [2.05, 4.69) is 18.7 Å². The van der Waals surface area contributed by atoms with Crippen LogP contribution in [0.3, 0.4) is 0 Å². The minimum absolute atomic E-state index is 0.0810. The quantitative estimate of drug-likeness (QED) is 0.599. The van der Waals surface area contributed by atoms with Crippen molar-refractivity contribution in [3.8, 4) is 0 Å². The number of carbonyl (C=O) groups is 2. The van der Waals surface area contributed by atoms with E-state index in [0.29, 0.717) is 29.6 Å². The Morgan fingerprint density at radius 2 is 1.92 bits per heavy atom. The molecular weight excluding hydrogens is 318 g/mol. The number of ketones is 2. The van der Waals surface area contributed by atoms with Gasteiger partial charge in [-0.15, -0.1) is 0 Å². The summed E-state index contributed by atoms with van der Waals surface area (Å²) in [4.78, 5) is 27.7. The van der Waals surface area contributed by atoms with Crippen LogP contribution in [0.5, 0.6) is 0 Å². The van der Waals surface area contributed by atoms with Gasteiger partial charge in [0.2, 0.25) is 0 Å². The molecule has 1 fully saturated rings. The van der Waals surface area contributed by atoms with E-state index in [1.807, 2.05) is 18.7 Å². The topological polar surface area (TPSA) is 37.4 Å². The lowest BCUT2D eigenvalue weighted by molar-refractivity contribution is -0.122. The maximum Gasteiger partial charge on any atom is 0.168 e. The van der Waals surface area contributed by atoms with Gasteiger partial charge in [0.1, 0.15) is 0 Å². The highest BCUT2D eigenvalue weighted by Crippen LogP contribution is 2.36. The summed E-state index contributed by atoms with van der Waals surface area (Å²) in [5.41, 5.74) is 1.65. The molecular formula is C20H33NO2S. The highest BCUT2D eigenvalue weighted by atomic mass is 32.2. The number of hydrogen-bond acceptors (Lipinski definition) is 4. The van der Waals surface area contributed by atoms with Crippen molar-refractivity contribution in [2.45, 2.75) is 77.4 Å². The van der Waals surface area contributed by atoms with Gasteiger partial charge in [-0.2, -0.15) is 11.8 Å². The summed E-state index contributed by atoms with van der Waals surface area (Å²) in [7, 11) is 0. The molecule has 2 rings (SSSR count). The van der Waals surface area contributed by atoms with Gasteiger partial charge in [0.25, 0.3) is 0 Å². The maximum absolute atomic E-state index is 12.8. The van der Waals surface area contributed by atoms with Crippen molar-refractivity contribution in [2.24, 2.45) is 5.92 Å². The molecule has 0 aromatic heterocycles. The molecule has 0 radical (unpaired) electrons. The average molecular weight is 352 g/mol. The Balaban J connectivity index is 2.21. The summed E-state index contributed by atoms with van der Waals surface area (Å²) >= 11 is 1.97. The fourth-order valence-electron chi connectivity index (χ4n) is 4.08. The van der Waals surface area contributed by atoms with Crippen LogP contribution in [0, 0.1) is 5.92 Å². The Bertz CT molecular complexity index is 480. The first-order valence-corrected chi connectivity index (χ1v) is 10.8. The normalized spacial score (nSPS) is 23.5. The van der Waals surface area contributed by atoms with Crippen molar-refractivity contribution in [3.05, 3.63) is 11.3 Å². The van der Waals surface area contributed by atoms with Crippen molar-refractivity contribution in [2.75, 3.05) is 18.8 Å². The van der Waals surface area contributed by atoms with Gasteiger partial charge in [0.05, 0.1) is 5.57 Å². The van der Waals surface area contributed by atoms with Crippen molar-refractivity contribution < 1.29 is 9.59 Å². The molecule has 0 saturated carbocycles. The predicted molar refractivity (Wildman–Crippen MR) is 102 cm³/mol. The molecule has 0 bridgehead atoms. The zero-order valence-corrected chi connectivity index (χ0v) is 16.4. The summed E-state index contributed by atoms with van der Waals surface area (Å²) in [6, 6.07) is 0. The number of carbonyl (C=O) groups excluding carboxylic acids is 2. The zero-order chi connectivity index (χ0) is 17.5. The fraction of sp³-hybridized carbons (Fsp3) is 0.800. The molecule has 1 aliphatic carbocycles. The van der Waals surface area contributed by atoms with Crippen LogP contribution in [0.1, 0.15) is 72.1 Å². The standard InChI is InChI=1S/C20H33NO2S/c1-4-9-18(22)20-17(21-10-7-6-8-11-21)13-16(14-19(20)23)12-15(3)24-5-2/h15-16H,4-14H2,1-3H3/t15-,16+/m0/s1. The van der Waals surface area contributed by atoms with Gasteiger partial charge in [0.15, 0.2) is 11.6 Å². The average Bonchev–Trinajstić information content (AvgIpc) is 2.55. The number of piperidine rings is 1. The number of Topliss-reactive ketones (excluding diaryl/α,β-unsaturated/α-hetero) is 2. The minimum atomic E-state index is 0.0810. The van der Waals surface area contributed by atoms with Gasteiger partial charge in [-0.25, -0.2) is 0 Å². The zero-order valence-electron chi connectivity index (χ0n) is 15.6. The SMILES string of the molecule is CCCC(=O)C1=C(N2CCCCC2)C[C@@H](C[C@H](C)SCC)CC1=O. The first kappa shape index (κ1) is 19.6. The molecule has 3 nitrogen and oxygen atoms in total. The first-order valence-electron chi connectivity index (χ1n) is 9.72. The molecule has 0 spiro atoms. The van der Waals surface area contributed by atoms with Crippen LogP contribution in [-0.4, -0.2) is 40.6 Å². The highest BCUT2D eigenvalue weighted by Gasteiger charge is 2.34. The lowest BCUT2D eigenvalue weighted by Gasteiger charge is -2.37. The van der Waals surface area contributed by atoms with E-state index < -0.39 is 0 Å². The molecule has 2 aliphatic rings. The molecule has 0 N–H and O–H groups in total. The van der Waals surface area contributed by atoms with Crippen LogP contribution >= 0.6 is 11.8 Å². The summed E-state index contributed by atoms with van der Waals surface area (Å²) < 4.78 is 0. The summed E-state index contributed by atoms with van der Waals surface area (Å²) in [5.74, 6) is 1.72. The monoisotopic (exact) mass is 351 g/mol. The number of rotatable bonds is 8. The van der Waals surface area contributed by atoms with Crippen LogP contribution < -0.4 is 0 Å². The molecule has 2 atom stereocenters. The van der Waals surface area contributed by atoms with E-state index >= 15 is 0 Å². The van der Waals surface area contributed by atoms with E-state index in [0.717, 1.165) is 43.8 Å². The molecule has 0 aromatic carbocycles. The lowest BCUT2D eigenvalue weighted by Crippen LogP contribution is -2.37. The van der Waals surface area contributed by atoms with Gasteiger partial charge < -0.3 is 4.90 Å². The van der Waals surface area contributed by atoms with Crippen LogP contribution in [-0.2, 0) is 9.59 Å². The second-order valence-electron chi connectivity index (χ2n) is 7.24. The molecule has 1 aliphatic heterocycles. The third-order valence-electron chi connectivity index (χ3n) is 5.13. The molecule has 1 saturated heterocycles. The number of hydrogen-bond donors (Lipinski definition) is 0. The van der Waals surface area contributed by atoms with E-state index in [9.17, 15) is 9.59 Å². The fourth-order valence-corrected chi connectivity index (χ4v) is 5.06. The Hall–Kier alpha value is -0.770. The third kappa shape index (κ3) is 5.11. The maximum atomic E-state index is 12.8. The Kier molecular flexibility index (Phi) is 7.86. The predicted octanol–water partition coefficient (Wildman–Crippen LogP) is 4.61. The van der Waals surface area contributed by atoms with E-state index in [1.165, 1.54) is 19.3 Å². The first-order chi connectivity index (χ1) is 11.6. The number of likely N-dealkylation sites (tertiary alicyclic amines) is 1. The molecule has 0 unspecified atom stereocenters. The van der Waals surface area contributed by atoms with E-state index in [-0.39, 0.29) is 11.6 Å². The van der Waals surface area contributed by atoms with Crippen LogP contribution in [0.15, 0.2) is 11.3 Å². The van der Waals surface area contributed by atoms with Crippen molar-refractivity contribution >= 4 is 23.3 Å².